The first-order chi connectivity index (χ1) is 7.20. The first-order valence-corrected chi connectivity index (χ1v) is 5.51. The maximum atomic E-state index is 9.37. The SMILES string of the molecule is CCC(=O)O.N#CCCN1CCCCC1. The molecule has 0 unspecified atom stereocenters. The van der Waals surface area contributed by atoms with Crippen LogP contribution in [0.5, 0.6) is 0 Å². The fourth-order valence-corrected chi connectivity index (χ4v) is 1.39. The molecule has 1 rings (SSSR count). The van der Waals surface area contributed by atoms with Crippen molar-refractivity contribution in [1.29, 1.82) is 5.26 Å². The maximum absolute atomic E-state index is 9.37. The van der Waals surface area contributed by atoms with E-state index in [0.717, 1.165) is 6.54 Å². The number of hydrogen-bond acceptors (Lipinski definition) is 3. The molecular weight excluding hydrogens is 192 g/mol. The average Bonchev–Trinajstić information content (AvgIpc) is 2.28. The number of nitrogens with zero attached hydrogens (tertiary/aromatic N) is 2. The lowest BCUT2D eigenvalue weighted by atomic mass is 10.1. The van der Waals surface area contributed by atoms with Crippen molar-refractivity contribution >= 4 is 5.97 Å². The highest BCUT2D eigenvalue weighted by Crippen LogP contribution is 2.07. The average molecular weight is 212 g/mol. The van der Waals surface area contributed by atoms with Crippen LogP contribution < -0.4 is 0 Å². The molecule has 0 aromatic carbocycles. The van der Waals surface area contributed by atoms with Crippen molar-refractivity contribution in [2.75, 3.05) is 19.6 Å². The van der Waals surface area contributed by atoms with Gasteiger partial charge >= 0.3 is 5.97 Å². The molecule has 0 aromatic heterocycles. The summed E-state index contributed by atoms with van der Waals surface area (Å²) in [6.07, 6.45) is 4.94. The van der Waals surface area contributed by atoms with Crippen LogP contribution in [-0.4, -0.2) is 35.6 Å². The number of carboxylic acids is 1. The molecule has 0 amide bonds. The summed E-state index contributed by atoms with van der Waals surface area (Å²) in [4.78, 5) is 11.7. The molecule has 0 atom stereocenters. The van der Waals surface area contributed by atoms with Crippen LogP contribution in [0.3, 0.4) is 0 Å². The van der Waals surface area contributed by atoms with E-state index >= 15 is 0 Å². The predicted octanol–water partition coefficient (Wildman–Crippen LogP) is 1.87. The number of nitriles is 1. The van der Waals surface area contributed by atoms with Gasteiger partial charge in [0, 0.05) is 19.4 Å². The minimum Gasteiger partial charge on any atom is -0.481 e. The van der Waals surface area contributed by atoms with Gasteiger partial charge < -0.3 is 10.0 Å². The highest BCUT2D eigenvalue weighted by atomic mass is 16.4. The number of rotatable bonds is 3. The van der Waals surface area contributed by atoms with Crippen molar-refractivity contribution in [1.82, 2.24) is 4.90 Å². The second kappa shape index (κ2) is 9.47. The number of hydrogen-bond donors (Lipinski definition) is 1. The first-order valence-electron chi connectivity index (χ1n) is 5.51. The molecule has 1 N–H and O–H groups in total. The largest absolute Gasteiger partial charge is 0.481 e. The second-order valence-corrected chi connectivity index (χ2v) is 3.56. The second-order valence-electron chi connectivity index (χ2n) is 3.56. The number of carboxylic acid groups (broad SMARTS) is 1. The third-order valence-electron chi connectivity index (χ3n) is 2.29. The molecule has 1 aliphatic heterocycles. The Morgan fingerprint density at radius 3 is 2.33 bits per heavy atom. The van der Waals surface area contributed by atoms with Crippen LogP contribution in [-0.2, 0) is 4.79 Å². The molecule has 0 aromatic rings. The van der Waals surface area contributed by atoms with Crippen molar-refractivity contribution in [2.45, 2.75) is 39.0 Å². The summed E-state index contributed by atoms with van der Waals surface area (Å²) in [7, 11) is 0. The lowest BCUT2D eigenvalue weighted by molar-refractivity contribution is -0.136. The highest BCUT2D eigenvalue weighted by Gasteiger charge is 2.07. The number of likely N-dealkylation sites (tertiary alicyclic amines) is 1. The van der Waals surface area contributed by atoms with E-state index in [1.54, 1.807) is 6.92 Å². The molecule has 1 aliphatic rings. The normalized spacial score (nSPS) is 16.0. The first kappa shape index (κ1) is 13.9. The fourth-order valence-electron chi connectivity index (χ4n) is 1.39. The van der Waals surface area contributed by atoms with Crippen LogP contribution in [0.2, 0.25) is 0 Å². The highest BCUT2D eigenvalue weighted by molar-refractivity contribution is 5.66. The van der Waals surface area contributed by atoms with Crippen LogP contribution in [0.1, 0.15) is 39.0 Å². The molecule has 0 aliphatic carbocycles. The van der Waals surface area contributed by atoms with Crippen molar-refractivity contribution in [3.63, 3.8) is 0 Å². The molecule has 15 heavy (non-hydrogen) atoms. The topological polar surface area (TPSA) is 64.3 Å². The minimum absolute atomic E-state index is 0.222. The monoisotopic (exact) mass is 212 g/mol. The van der Waals surface area contributed by atoms with Crippen LogP contribution in [0, 0.1) is 11.3 Å². The number of aliphatic carboxylic acids is 1. The van der Waals surface area contributed by atoms with E-state index in [4.69, 9.17) is 10.4 Å². The molecule has 0 spiro atoms. The predicted molar refractivity (Wildman–Crippen MR) is 58.4 cm³/mol. The molecule has 1 saturated heterocycles. The summed E-state index contributed by atoms with van der Waals surface area (Å²) in [5.41, 5.74) is 0. The summed E-state index contributed by atoms with van der Waals surface area (Å²) in [6, 6.07) is 2.17. The maximum Gasteiger partial charge on any atom is 0.303 e. The Kier molecular flexibility index (Phi) is 8.79. The molecule has 0 radical (unpaired) electrons. The molecular formula is C11H20N2O2. The summed E-state index contributed by atoms with van der Waals surface area (Å²) in [5.74, 6) is -0.745. The van der Waals surface area contributed by atoms with Gasteiger partial charge in [0.1, 0.15) is 0 Å². The lowest BCUT2D eigenvalue weighted by Crippen LogP contribution is -2.30. The van der Waals surface area contributed by atoms with Gasteiger partial charge in [-0.2, -0.15) is 5.26 Å². The molecule has 0 saturated carbocycles. The van der Waals surface area contributed by atoms with E-state index in [-0.39, 0.29) is 6.42 Å². The standard InChI is InChI=1S/C8H14N2.C3H6O2/c9-5-4-8-10-6-2-1-3-7-10;1-2-3(4)5/h1-4,6-8H2;2H2,1H3,(H,4,5). The number of piperidine rings is 1. The van der Waals surface area contributed by atoms with Gasteiger partial charge in [-0.25, -0.2) is 0 Å². The Balaban J connectivity index is 0.000000336. The van der Waals surface area contributed by atoms with Gasteiger partial charge in [-0.15, -0.1) is 0 Å². The Bertz CT molecular complexity index is 205. The zero-order valence-corrected chi connectivity index (χ0v) is 9.41. The summed E-state index contributed by atoms with van der Waals surface area (Å²) in [6.45, 7) is 5.00. The Morgan fingerprint density at radius 2 is 1.93 bits per heavy atom. The van der Waals surface area contributed by atoms with E-state index in [1.165, 1.54) is 32.4 Å². The van der Waals surface area contributed by atoms with E-state index in [2.05, 4.69) is 11.0 Å². The molecule has 4 nitrogen and oxygen atoms in total. The lowest BCUT2D eigenvalue weighted by Gasteiger charge is -2.24. The Morgan fingerprint density at radius 1 is 1.40 bits per heavy atom. The van der Waals surface area contributed by atoms with Gasteiger partial charge in [-0.05, 0) is 25.9 Å². The van der Waals surface area contributed by atoms with Crippen molar-refractivity contribution in [3.05, 3.63) is 0 Å². The van der Waals surface area contributed by atoms with Crippen LogP contribution in [0.15, 0.2) is 0 Å². The van der Waals surface area contributed by atoms with Crippen molar-refractivity contribution in [2.24, 2.45) is 0 Å². The molecule has 1 fully saturated rings. The van der Waals surface area contributed by atoms with E-state index in [0.29, 0.717) is 6.42 Å². The Labute approximate surface area is 91.5 Å². The molecule has 1 heterocycles. The van der Waals surface area contributed by atoms with Crippen LogP contribution >= 0.6 is 0 Å². The summed E-state index contributed by atoms with van der Waals surface area (Å²) in [5, 5.41) is 16.0. The fraction of sp³-hybridized carbons (Fsp3) is 0.818. The Hall–Kier alpha value is -1.08. The molecule has 0 bridgehead atoms. The van der Waals surface area contributed by atoms with Gasteiger partial charge in [0.25, 0.3) is 0 Å². The van der Waals surface area contributed by atoms with Gasteiger partial charge in [-0.3, -0.25) is 4.79 Å². The van der Waals surface area contributed by atoms with Crippen molar-refractivity contribution in [3.8, 4) is 6.07 Å². The minimum atomic E-state index is -0.745. The third-order valence-corrected chi connectivity index (χ3v) is 2.29. The molecule has 86 valence electrons. The number of carbonyl (C=O) groups is 1. The summed E-state index contributed by atoms with van der Waals surface area (Å²) < 4.78 is 0. The smallest absolute Gasteiger partial charge is 0.303 e. The van der Waals surface area contributed by atoms with E-state index in [1.807, 2.05) is 0 Å². The van der Waals surface area contributed by atoms with E-state index in [9.17, 15) is 4.79 Å². The quantitative estimate of drug-likeness (QED) is 0.775. The zero-order chi connectivity index (χ0) is 11.5. The van der Waals surface area contributed by atoms with Crippen LogP contribution in [0.4, 0.5) is 0 Å². The van der Waals surface area contributed by atoms with Gasteiger partial charge in [0.2, 0.25) is 0 Å². The van der Waals surface area contributed by atoms with Gasteiger partial charge in [0.15, 0.2) is 0 Å². The van der Waals surface area contributed by atoms with Crippen LogP contribution in [0.25, 0.3) is 0 Å². The van der Waals surface area contributed by atoms with E-state index < -0.39 is 5.97 Å². The van der Waals surface area contributed by atoms with Gasteiger partial charge in [0.05, 0.1) is 6.07 Å². The third kappa shape index (κ3) is 9.23. The zero-order valence-electron chi connectivity index (χ0n) is 9.41. The van der Waals surface area contributed by atoms with Crippen molar-refractivity contribution < 1.29 is 9.90 Å². The van der Waals surface area contributed by atoms with Gasteiger partial charge in [-0.1, -0.05) is 13.3 Å². The molecule has 4 heteroatoms. The summed E-state index contributed by atoms with van der Waals surface area (Å²) >= 11 is 0.